The number of rotatable bonds is 6. The fraction of sp³-hybridized carbons (Fsp3) is 0.438. The number of hydrogen-bond donors (Lipinski definition) is 1. The third-order valence-corrected chi connectivity index (χ3v) is 3.98. The number of anilines is 1. The van der Waals surface area contributed by atoms with Crippen LogP contribution in [0, 0.1) is 0 Å². The smallest absolute Gasteiger partial charge is 0.133 e. The van der Waals surface area contributed by atoms with E-state index in [1.807, 2.05) is 6.20 Å². The lowest BCUT2D eigenvalue weighted by Crippen LogP contribution is -2.06. The summed E-state index contributed by atoms with van der Waals surface area (Å²) < 4.78 is 6.10. The van der Waals surface area contributed by atoms with Crippen molar-refractivity contribution in [2.24, 2.45) is 0 Å². The molecule has 0 aliphatic heterocycles. The van der Waals surface area contributed by atoms with E-state index in [1.54, 1.807) is 7.11 Å². The fourth-order valence-electron chi connectivity index (χ4n) is 2.15. The molecule has 0 saturated carbocycles. The van der Waals surface area contributed by atoms with Crippen molar-refractivity contribution in [2.45, 2.75) is 26.2 Å². The van der Waals surface area contributed by atoms with Crippen LogP contribution in [0.1, 0.15) is 31.7 Å². The van der Waals surface area contributed by atoms with Gasteiger partial charge in [-0.15, -0.1) is 0 Å². The number of aromatic nitrogens is 1. The van der Waals surface area contributed by atoms with Gasteiger partial charge in [0.2, 0.25) is 0 Å². The summed E-state index contributed by atoms with van der Waals surface area (Å²) in [4.78, 5) is 4.51. The van der Waals surface area contributed by atoms with Gasteiger partial charge in [0.1, 0.15) is 5.82 Å². The Hall–Kier alpha value is -1.13. The maximum absolute atomic E-state index is 5.07. The van der Waals surface area contributed by atoms with Crippen molar-refractivity contribution in [3.63, 3.8) is 0 Å². The lowest BCUT2D eigenvalue weighted by atomic mass is 10.00. The summed E-state index contributed by atoms with van der Waals surface area (Å²) in [5, 5.41) is 5.77. The summed E-state index contributed by atoms with van der Waals surface area (Å²) in [5.74, 6) is 1.46. The molecule has 1 heterocycles. The molecule has 0 radical (unpaired) electrons. The van der Waals surface area contributed by atoms with Gasteiger partial charge in [-0.1, -0.05) is 26.0 Å². The Morgan fingerprint density at radius 2 is 2.10 bits per heavy atom. The molecule has 2 rings (SSSR count). The van der Waals surface area contributed by atoms with Gasteiger partial charge in [0.05, 0.1) is 0 Å². The molecular weight excluding hydrogens is 316 g/mol. The second-order valence-electron chi connectivity index (χ2n) is 5.19. The van der Waals surface area contributed by atoms with Crippen LogP contribution >= 0.6 is 15.9 Å². The number of benzene rings is 1. The summed E-state index contributed by atoms with van der Waals surface area (Å²) in [5.41, 5.74) is 1.33. The minimum Gasteiger partial charge on any atom is -0.385 e. The van der Waals surface area contributed by atoms with Crippen LogP contribution in [0.3, 0.4) is 0 Å². The summed E-state index contributed by atoms with van der Waals surface area (Å²) in [6.45, 7) is 6.04. The monoisotopic (exact) mass is 336 g/mol. The van der Waals surface area contributed by atoms with Crippen molar-refractivity contribution < 1.29 is 4.74 Å². The first-order valence-corrected chi connectivity index (χ1v) is 7.73. The van der Waals surface area contributed by atoms with Gasteiger partial charge in [-0.2, -0.15) is 0 Å². The van der Waals surface area contributed by atoms with Crippen molar-refractivity contribution in [1.29, 1.82) is 0 Å². The molecule has 4 heteroatoms. The first-order chi connectivity index (χ1) is 9.63. The molecule has 0 spiro atoms. The molecule has 1 aromatic heterocycles. The summed E-state index contributed by atoms with van der Waals surface area (Å²) in [6.07, 6.45) is 2.83. The minimum absolute atomic E-state index is 0.514. The molecule has 0 bridgehead atoms. The summed E-state index contributed by atoms with van der Waals surface area (Å²) in [6, 6.07) is 6.58. The third-order valence-electron chi connectivity index (χ3n) is 3.35. The van der Waals surface area contributed by atoms with Crippen molar-refractivity contribution >= 4 is 32.5 Å². The number of methoxy groups -OCH3 is 1. The van der Waals surface area contributed by atoms with E-state index in [4.69, 9.17) is 4.74 Å². The van der Waals surface area contributed by atoms with Crippen molar-refractivity contribution in [1.82, 2.24) is 4.98 Å². The Morgan fingerprint density at radius 1 is 1.30 bits per heavy atom. The highest BCUT2D eigenvalue weighted by atomic mass is 79.9. The van der Waals surface area contributed by atoms with Crippen molar-refractivity contribution in [3.05, 3.63) is 34.4 Å². The minimum atomic E-state index is 0.514. The van der Waals surface area contributed by atoms with Gasteiger partial charge in [0.15, 0.2) is 0 Å². The summed E-state index contributed by atoms with van der Waals surface area (Å²) >= 11 is 3.58. The number of ether oxygens (including phenoxy) is 1. The van der Waals surface area contributed by atoms with E-state index in [9.17, 15) is 0 Å². The predicted octanol–water partition coefficient (Wildman–Crippen LogP) is 4.57. The Bertz CT molecular complexity index is 584. The number of halogens is 1. The van der Waals surface area contributed by atoms with Gasteiger partial charge in [-0.25, -0.2) is 4.98 Å². The molecule has 20 heavy (non-hydrogen) atoms. The molecule has 0 fully saturated rings. The van der Waals surface area contributed by atoms with Crippen LogP contribution < -0.4 is 5.32 Å². The lowest BCUT2D eigenvalue weighted by Gasteiger charge is -2.12. The molecule has 0 aliphatic carbocycles. The Kier molecular flexibility index (Phi) is 5.38. The average Bonchev–Trinajstić information content (AvgIpc) is 2.45. The number of nitrogens with zero attached hydrogens (tertiary/aromatic N) is 1. The molecule has 0 amide bonds. The van der Waals surface area contributed by atoms with Crippen LogP contribution in [-0.2, 0) is 4.74 Å². The van der Waals surface area contributed by atoms with Gasteiger partial charge in [0.25, 0.3) is 0 Å². The number of fused-ring (bicyclic) bond motifs is 1. The maximum atomic E-state index is 5.07. The largest absolute Gasteiger partial charge is 0.385 e. The third kappa shape index (κ3) is 3.49. The molecule has 1 N–H and O–H groups in total. The highest BCUT2D eigenvalue weighted by molar-refractivity contribution is 9.10. The Balaban J connectivity index is 2.33. The van der Waals surface area contributed by atoms with E-state index in [-0.39, 0.29) is 0 Å². The van der Waals surface area contributed by atoms with E-state index in [1.165, 1.54) is 16.3 Å². The number of hydrogen-bond acceptors (Lipinski definition) is 3. The number of nitrogens with one attached hydrogen (secondary N) is 1. The van der Waals surface area contributed by atoms with Gasteiger partial charge in [-0.3, -0.25) is 0 Å². The molecule has 2 aromatic rings. The molecule has 108 valence electrons. The van der Waals surface area contributed by atoms with Gasteiger partial charge < -0.3 is 10.1 Å². The van der Waals surface area contributed by atoms with Crippen LogP contribution in [0.5, 0.6) is 0 Å². The van der Waals surface area contributed by atoms with E-state index in [0.29, 0.717) is 5.92 Å². The van der Waals surface area contributed by atoms with Crippen LogP contribution in [0.25, 0.3) is 10.8 Å². The zero-order valence-corrected chi connectivity index (χ0v) is 13.8. The Labute approximate surface area is 128 Å². The summed E-state index contributed by atoms with van der Waals surface area (Å²) in [7, 11) is 1.72. The van der Waals surface area contributed by atoms with Crippen LogP contribution in [0.2, 0.25) is 0 Å². The van der Waals surface area contributed by atoms with Crippen molar-refractivity contribution in [3.8, 4) is 0 Å². The van der Waals surface area contributed by atoms with Gasteiger partial charge >= 0.3 is 0 Å². The standard InChI is InChI=1S/C16H21BrN2O/c1-11(2)12-5-6-13-14(9-12)16(19-10-15(13)17)18-7-4-8-20-3/h5-6,9-11H,4,7-8H2,1-3H3,(H,18,19). The first kappa shape index (κ1) is 15.3. The molecule has 0 saturated heterocycles. The van der Waals surface area contributed by atoms with E-state index < -0.39 is 0 Å². The zero-order chi connectivity index (χ0) is 14.5. The highest BCUT2D eigenvalue weighted by Gasteiger charge is 2.08. The Morgan fingerprint density at radius 3 is 2.80 bits per heavy atom. The second-order valence-corrected chi connectivity index (χ2v) is 6.04. The number of pyridine rings is 1. The van der Waals surface area contributed by atoms with E-state index in [0.717, 1.165) is 29.9 Å². The molecule has 3 nitrogen and oxygen atoms in total. The second kappa shape index (κ2) is 7.04. The van der Waals surface area contributed by atoms with Crippen molar-refractivity contribution in [2.75, 3.05) is 25.6 Å². The average molecular weight is 337 g/mol. The van der Waals surface area contributed by atoms with E-state index >= 15 is 0 Å². The van der Waals surface area contributed by atoms with E-state index in [2.05, 4.69) is 58.3 Å². The molecule has 0 aliphatic rings. The quantitative estimate of drug-likeness (QED) is 0.784. The molecule has 0 unspecified atom stereocenters. The maximum Gasteiger partial charge on any atom is 0.133 e. The predicted molar refractivity (Wildman–Crippen MR) is 88.5 cm³/mol. The van der Waals surface area contributed by atoms with Gasteiger partial charge in [0, 0.05) is 41.7 Å². The fourth-order valence-corrected chi connectivity index (χ4v) is 2.60. The molecule has 1 aromatic carbocycles. The topological polar surface area (TPSA) is 34.1 Å². The SMILES string of the molecule is COCCCNc1ncc(Br)c2ccc(C(C)C)cc12. The van der Waals surface area contributed by atoms with Gasteiger partial charge in [-0.05, 0) is 39.9 Å². The normalized spacial score (nSPS) is 11.2. The van der Waals surface area contributed by atoms with Crippen LogP contribution in [0.4, 0.5) is 5.82 Å². The lowest BCUT2D eigenvalue weighted by molar-refractivity contribution is 0.198. The molecule has 0 atom stereocenters. The zero-order valence-electron chi connectivity index (χ0n) is 12.2. The van der Waals surface area contributed by atoms with Crippen LogP contribution in [0.15, 0.2) is 28.9 Å². The molecular formula is C16H21BrN2O. The van der Waals surface area contributed by atoms with Crippen LogP contribution in [-0.4, -0.2) is 25.2 Å². The highest BCUT2D eigenvalue weighted by Crippen LogP contribution is 2.30. The first-order valence-electron chi connectivity index (χ1n) is 6.94.